The number of aliphatic carboxylic acids is 1. The van der Waals surface area contributed by atoms with Gasteiger partial charge in [0.2, 0.25) is 0 Å². The zero-order valence-corrected chi connectivity index (χ0v) is 15.3. The molecule has 1 unspecified atom stereocenters. The minimum atomic E-state index is -0.847. The molecule has 0 aliphatic heterocycles. The summed E-state index contributed by atoms with van der Waals surface area (Å²) in [7, 11) is 0. The van der Waals surface area contributed by atoms with Crippen molar-refractivity contribution >= 4 is 12.0 Å². The summed E-state index contributed by atoms with van der Waals surface area (Å²) >= 11 is 0. The fourth-order valence-electron chi connectivity index (χ4n) is 3.57. The summed E-state index contributed by atoms with van der Waals surface area (Å²) < 4.78 is 0. The maximum absolute atomic E-state index is 12.4. The van der Waals surface area contributed by atoms with Crippen molar-refractivity contribution in [2.45, 2.75) is 50.1 Å². The van der Waals surface area contributed by atoms with Gasteiger partial charge in [-0.2, -0.15) is 0 Å². The van der Waals surface area contributed by atoms with Crippen LogP contribution in [0, 0.1) is 0 Å². The van der Waals surface area contributed by atoms with Crippen molar-refractivity contribution in [2.75, 3.05) is 0 Å². The van der Waals surface area contributed by atoms with Crippen LogP contribution in [0.15, 0.2) is 60.7 Å². The summed E-state index contributed by atoms with van der Waals surface area (Å²) in [6, 6.07) is 19.9. The van der Waals surface area contributed by atoms with Crippen LogP contribution < -0.4 is 10.6 Å². The molecule has 0 spiro atoms. The van der Waals surface area contributed by atoms with Crippen molar-refractivity contribution < 1.29 is 14.7 Å². The molecular weight excluding hydrogens is 340 g/mol. The molecule has 1 aliphatic carbocycles. The number of urea groups is 1. The number of nitrogens with one attached hydrogen (secondary N) is 2. The molecule has 1 saturated carbocycles. The van der Waals surface area contributed by atoms with Crippen LogP contribution in [0.2, 0.25) is 0 Å². The third-order valence-electron chi connectivity index (χ3n) is 5.11. The van der Waals surface area contributed by atoms with Crippen LogP contribution in [0.4, 0.5) is 4.79 Å². The lowest BCUT2D eigenvalue weighted by atomic mass is 9.76. The third kappa shape index (κ3) is 5.84. The van der Waals surface area contributed by atoms with Crippen molar-refractivity contribution in [2.24, 2.45) is 0 Å². The first-order valence-corrected chi connectivity index (χ1v) is 9.48. The second-order valence-electron chi connectivity index (χ2n) is 7.21. The maximum atomic E-state index is 12.4. The van der Waals surface area contributed by atoms with E-state index in [0.29, 0.717) is 18.8 Å². The normalized spacial score (nSPS) is 19.6. The van der Waals surface area contributed by atoms with Crippen molar-refractivity contribution in [3.8, 4) is 0 Å². The van der Waals surface area contributed by atoms with Crippen molar-refractivity contribution in [1.29, 1.82) is 0 Å². The monoisotopic (exact) mass is 366 g/mol. The molecule has 0 heterocycles. The fraction of sp³-hybridized carbons (Fsp3) is 0.364. The van der Waals surface area contributed by atoms with E-state index in [1.54, 1.807) is 0 Å². The molecule has 0 radical (unpaired) electrons. The van der Waals surface area contributed by atoms with Gasteiger partial charge in [0, 0.05) is 18.5 Å². The molecule has 1 aliphatic rings. The van der Waals surface area contributed by atoms with Gasteiger partial charge in [-0.15, -0.1) is 0 Å². The number of carboxylic acids is 1. The predicted molar refractivity (Wildman–Crippen MR) is 105 cm³/mol. The molecule has 5 heteroatoms. The van der Waals surface area contributed by atoms with Gasteiger partial charge in [-0.05, 0) is 42.7 Å². The first kappa shape index (κ1) is 19.0. The van der Waals surface area contributed by atoms with E-state index in [1.807, 2.05) is 48.5 Å². The Labute approximate surface area is 159 Å². The molecule has 5 nitrogen and oxygen atoms in total. The highest BCUT2D eigenvalue weighted by Gasteiger charge is 2.31. The highest BCUT2D eigenvalue weighted by Crippen LogP contribution is 2.36. The first-order chi connectivity index (χ1) is 13.1. The summed E-state index contributed by atoms with van der Waals surface area (Å²) in [6.07, 6.45) is 2.96. The van der Waals surface area contributed by atoms with Gasteiger partial charge in [-0.25, -0.2) is 4.79 Å². The highest BCUT2D eigenvalue weighted by atomic mass is 16.4. The van der Waals surface area contributed by atoms with Crippen LogP contribution in [0.5, 0.6) is 0 Å². The van der Waals surface area contributed by atoms with E-state index < -0.39 is 5.97 Å². The summed E-state index contributed by atoms with van der Waals surface area (Å²) in [5, 5.41) is 14.9. The lowest BCUT2D eigenvalue weighted by molar-refractivity contribution is -0.137. The average molecular weight is 366 g/mol. The summed E-state index contributed by atoms with van der Waals surface area (Å²) in [4.78, 5) is 23.3. The number of carboxylic acid groups (broad SMARTS) is 1. The van der Waals surface area contributed by atoms with Crippen LogP contribution in [-0.2, 0) is 11.2 Å². The Bertz CT molecular complexity index is 743. The molecule has 27 heavy (non-hydrogen) atoms. The van der Waals surface area contributed by atoms with Gasteiger partial charge in [-0.1, -0.05) is 60.7 Å². The van der Waals surface area contributed by atoms with E-state index in [4.69, 9.17) is 5.11 Å². The smallest absolute Gasteiger partial charge is 0.315 e. The summed E-state index contributed by atoms with van der Waals surface area (Å²) in [6.45, 7) is 0. The zero-order chi connectivity index (χ0) is 19.1. The Hall–Kier alpha value is -2.82. The minimum absolute atomic E-state index is 0.0390. The van der Waals surface area contributed by atoms with E-state index in [2.05, 4.69) is 22.8 Å². The van der Waals surface area contributed by atoms with E-state index >= 15 is 0 Å². The number of carbonyl (C=O) groups is 2. The molecule has 0 bridgehead atoms. The third-order valence-corrected chi connectivity index (χ3v) is 5.11. The largest absolute Gasteiger partial charge is 0.481 e. The van der Waals surface area contributed by atoms with Gasteiger partial charge in [0.1, 0.15) is 0 Å². The van der Waals surface area contributed by atoms with Gasteiger partial charge in [0.05, 0.1) is 0 Å². The molecule has 3 rings (SSSR count). The molecule has 1 atom stereocenters. The predicted octanol–water partition coefficient (Wildman–Crippen LogP) is 3.71. The number of benzene rings is 2. The van der Waals surface area contributed by atoms with Gasteiger partial charge in [0.15, 0.2) is 0 Å². The van der Waals surface area contributed by atoms with Gasteiger partial charge >= 0.3 is 12.0 Å². The molecule has 142 valence electrons. The minimum Gasteiger partial charge on any atom is -0.481 e. The Morgan fingerprint density at radius 2 is 1.63 bits per heavy atom. The van der Waals surface area contributed by atoms with Crippen LogP contribution in [0.1, 0.15) is 42.7 Å². The van der Waals surface area contributed by atoms with Crippen LogP contribution in [-0.4, -0.2) is 29.2 Å². The molecular formula is C22H26N2O3. The van der Waals surface area contributed by atoms with Gasteiger partial charge in [-0.3, -0.25) is 4.79 Å². The number of hydrogen-bond acceptors (Lipinski definition) is 2. The topological polar surface area (TPSA) is 78.4 Å². The maximum Gasteiger partial charge on any atom is 0.315 e. The quantitative estimate of drug-likeness (QED) is 0.666. The van der Waals surface area contributed by atoms with Crippen molar-refractivity contribution in [3.05, 3.63) is 71.8 Å². The summed E-state index contributed by atoms with van der Waals surface area (Å²) in [5.74, 6) is -0.344. The van der Waals surface area contributed by atoms with Crippen LogP contribution in [0.25, 0.3) is 0 Å². The molecule has 2 aromatic rings. The molecule has 2 aromatic carbocycles. The van der Waals surface area contributed by atoms with Crippen molar-refractivity contribution in [3.63, 3.8) is 0 Å². The highest BCUT2D eigenvalue weighted by molar-refractivity contribution is 5.75. The van der Waals surface area contributed by atoms with E-state index in [9.17, 15) is 9.59 Å². The SMILES string of the molecule is O=C(O)CCC(Cc1ccccc1)NC(=O)NC1CC(c2ccccc2)C1. The molecule has 2 amide bonds. The Morgan fingerprint density at radius 3 is 2.26 bits per heavy atom. The summed E-state index contributed by atoms with van der Waals surface area (Å²) in [5.41, 5.74) is 2.40. The first-order valence-electron chi connectivity index (χ1n) is 9.48. The van der Waals surface area contributed by atoms with Gasteiger partial charge in [0.25, 0.3) is 0 Å². The number of hydrogen-bond donors (Lipinski definition) is 3. The Kier molecular flexibility index (Phi) is 6.47. The van der Waals surface area contributed by atoms with E-state index in [-0.39, 0.29) is 24.5 Å². The second kappa shape index (κ2) is 9.21. The standard InChI is InChI=1S/C22H26N2O3/c25-21(26)12-11-19(13-16-7-3-1-4-8-16)23-22(27)24-20-14-18(15-20)17-9-5-2-6-10-17/h1-10,18-20H,11-15H2,(H,25,26)(H2,23,24,27). The second-order valence-corrected chi connectivity index (χ2v) is 7.21. The Balaban J connectivity index is 1.48. The number of amides is 2. The molecule has 0 saturated heterocycles. The molecule has 3 N–H and O–H groups in total. The van der Waals surface area contributed by atoms with Gasteiger partial charge < -0.3 is 15.7 Å². The van der Waals surface area contributed by atoms with E-state index in [1.165, 1.54) is 5.56 Å². The lowest BCUT2D eigenvalue weighted by Gasteiger charge is -2.36. The Morgan fingerprint density at radius 1 is 1.00 bits per heavy atom. The molecule has 0 aromatic heterocycles. The molecule has 1 fully saturated rings. The zero-order valence-electron chi connectivity index (χ0n) is 15.3. The number of carbonyl (C=O) groups excluding carboxylic acids is 1. The fourth-order valence-corrected chi connectivity index (χ4v) is 3.57. The average Bonchev–Trinajstić information content (AvgIpc) is 2.64. The van der Waals surface area contributed by atoms with Crippen molar-refractivity contribution in [1.82, 2.24) is 10.6 Å². The lowest BCUT2D eigenvalue weighted by Crippen LogP contribution is -2.50. The van der Waals surface area contributed by atoms with Crippen LogP contribution in [0.3, 0.4) is 0 Å². The number of rotatable bonds is 8. The van der Waals surface area contributed by atoms with Crippen LogP contribution >= 0.6 is 0 Å². The van der Waals surface area contributed by atoms with E-state index in [0.717, 1.165) is 18.4 Å².